The molecule has 0 fully saturated rings. The lowest BCUT2D eigenvalue weighted by molar-refractivity contribution is 0.203. The molecule has 0 aliphatic rings. The SMILES string of the molecule is CCC(C)C(C)C(C)NC(=O)N(C)C. The van der Waals surface area contributed by atoms with Gasteiger partial charge in [0.15, 0.2) is 0 Å². The lowest BCUT2D eigenvalue weighted by Crippen LogP contribution is -2.44. The van der Waals surface area contributed by atoms with Gasteiger partial charge in [-0.1, -0.05) is 27.2 Å². The summed E-state index contributed by atoms with van der Waals surface area (Å²) in [5.41, 5.74) is 0. The Kier molecular flexibility index (Phi) is 5.58. The quantitative estimate of drug-likeness (QED) is 0.742. The predicted octanol–water partition coefficient (Wildman–Crippen LogP) is 2.33. The molecule has 3 nitrogen and oxygen atoms in total. The molecular formula is C11H24N2O. The second-order valence-electron chi connectivity index (χ2n) is 4.38. The standard InChI is InChI=1S/C11H24N2O/c1-7-8(2)9(3)10(4)12-11(14)13(5)6/h8-10H,7H2,1-6H3,(H,12,14). The number of hydrogen-bond donors (Lipinski definition) is 1. The van der Waals surface area contributed by atoms with Crippen LogP contribution in [0.15, 0.2) is 0 Å². The summed E-state index contributed by atoms with van der Waals surface area (Å²) >= 11 is 0. The molecular weight excluding hydrogens is 176 g/mol. The van der Waals surface area contributed by atoms with Crippen LogP contribution in [-0.2, 0) is 0 Å². The Morgan fingerprint density at radius 2 is 1.79 bits per heavy atom. The van der Waals surface area contributed by atoms with Crippen LogP contribution in [0.3, 0.4) is 0 Å². The highest BCUT2D eigenvalue weighted by Crippen LogP contribution is 2.18. The fraction of sp³-hybridized carbons (Fsp3) is 0.909. The van der Waals surface area contributed by atoms with Crippen LogP contribution in [0.5, 0.6) is 0 Å². The largest absolute Gasteiger partial charge is 0.335 e. The highest BCUT2D eigenvalue weighted by Gasteiger charge is 2.19. The van der Waals surface area contributed by atoms with Gasteiger partial charge in [0.2, 0.25) is 0 Å². The summed E-state index contributed by atoms with van der Waals surface area (Å²) < 4.78 is 0. The van der Waals surface area contributed by atoms with E-state index in [0.29, 0.717) is 11.8 Å². The van der Waals surface area contributed by atoms with E-state index in [-0.39, 0.29) is 12.1 Å². The molecule has 1 N–H and O–H groups in total. The molecule has 0 saturated carbocycles. The molecule has 0 spiro atoms. The van der Waals surface area contributed by atoms with Crippen LogP contribution in [0.25, 0.3) is 0 Å². The zero-order valence-electron chi connectivity index (χ0n) is 10.3. The van der Waals surface area contributed by atoms with Crippen molar-refractivity contribution in [3.63, 3.8) is 0 Å². The topological polar surface area (TPSA) is 32.3 Å². The normalized spacial score (nSPS) is 17.0. The predicted molar refractivity (Wildman–Crippen MR) is 60.3 cm³/mol. The van der Waals surface area contributed by atoms with Crippen molar-refractivity contribution < 1.29 is 4.79 Å². The third kappa shape index (κ3) is 3.99. The minimum atomic E-state index is -0.00680. The number of amides is 2. The number of hydrogen-bond acceptors (Lipinski definition) is 1. The van der Waals surface area contributed by atoms with Crippen LogP contribution in [0.2, 0.25) is 0 Å². The molecule has 0 rings (SSSR count). The molecule has 2 amide bonds. The Balaban J connectivity index is 4.07. The summed E-state index contributed by atoms with van der Waals surface area (Å²) in [7, 11) is 3.52. The van der Waals surface area contributed by atoms with E-state index in [4.69, 9.17) is 0 Å². The summed E-state index contributed by atoms with van der Waals surface area (Å²) in [6, 6.07) is 0.229. The van der Waals surface area contributed by atoms with Gasteiger partial charge in [-0.05, 0) is 18.8 Å². The van der Waals surface area contributed by atoms with Crippen LogP contribution >= 0.6 is 0 Å². The van der Waals surface area contributed by atoms with E-state index in [0.717, 1.165) is 6.42 Å². The van der Waals surface area contributed by atoms with Gasteiger partial charge in [-0.15, -0.1) is 0 Å². The summed E-state index contributed by atoms with van der Waals surface area (Å²) in [5, 5.41) is 2.98. The number of carbonyl (C=O) groups excluding carboxylic acids is 1. The first kappa shape index (κ1) is 13.3. The average Bonchev–Trinajstić information content (AvgIpc) is 2.14. The smallest absolute Gasteiger partial charge is 0.317 e. The van der Waals surface area contributed by atoms with Crippen molar-refractivity contribution in [3.05, 3.63) is 0 Å². The molecule has 0 aromatic carbocycles. The van der Waals surface area contributed by atoms with Gasteiger partial charge >= 0.3 is 6.03 Å². The Hall–Kier alpha value is -0.730. The van der Waals surface area contributed by atoms with Gasteiger partial charge in [0, 0.05) is 20.1 Å². The lowest BCUT2D eigenvalue weighted by atomic mass is 9.88. The molecule has 0 aliphatic carbocycles. The monoisotopic (exact) mass is 200 g/mol. The zero-order valence-corrected chi connectivity index (χ0v) is 10.3. The maximum Gasteiger partial charge on any atom is 0.317 e. The van der Waals surface area contributed by atoms with E-state index in [9.17, 15) is 4.79 Å². The summed E-state index contributed by atoms with van der Waals surface area (Å²) in [5.74, 6) is 1.16. The summed E-state index contributed by atoms with van der Waals surface area (Å²) in [6.07, 6.45) is 1.16. The van der Waals surface area contributed by atoms with Crippen LogP contribution in [-0.4, -0.2) is 31.1 Å². The molecule has 0 heterocycles. The lowest BCUT2D eigenvalue weighted by Gasteiger charge is -2.27. The van der Waals surface area contributed by atoms with Gasteiger partial charge in [-0.25, -0.2) is 4.79 Å². The molecule has 84 valence electrons. The number of nitrogens with zero attached hydrogens (tertiary/aromatic N) is 1. The minimum absolute atomic E-state index is 0.00680. The van der Waals surface area contributed by atoms with Crippen LogP contribution in [0, 0.1) is 11.8 Å². The molecule has 0 bridgehead atoms. The maximum absolute atomic E-state index is 11.4. The highest BCUT2D eigenvalue weighted by molar-refractivity contribution is 5.73. The molecule has 0 saturated heterocycles. The van der Waals surface area contributed by atoms with Gasteiger partial charge in [0.1, 0.15) is 0 Å². The highest BCUT2D eigenvalue weighted by atomic mass is 16.2. The number of rotatable bonds is 4. The van der Waals surface area contributed by atoms with Crippen LogP contribution in [0.4, 0.5) is 4.79 Å². The fourth-order valence-corrected chi connectivity index (χ4v) is 1.32. The van der Waals surface area contributed by atoms with Crippen molar-refractivity contribution >= 4 is 6.03 Å². The minimum Gasteiger partial charge on any atom is -0.335 e. The molecule has 3 atom stereocenters. The third-order valence-electron chi connectivity index (χ3n) is 3.09. The van der Waals surface area contributed by atoms with E-state index in [1.54, 1.807) is 19.0 Å². The first-order valence-corrected chi connectivity index (χ1v) is 5.37. The molecule has 0 aromatic rings. The summed E-state index contributed by atoms with van der Waals surface area (Å²) in [6.45, 7) is 8.66. The molecule has 0 aromatic heterocycles. The molecule has 14 heavy (non-hydrogen) atoms. The molecule has 0 aliphatic heterocycles. The molecule has 3 heteroatoms. The van der Waals surface area contributed by atoms with Crippen molar-refractivity contribution in [1.82, 2.24) is 10.2 Å². The van der Waals surface area contributed by atoms with Gasteiger partial charge in [0.05, 0.1) is 0 Å². The van der Waals surface area contributed by atoms with E-state index >= 15 is 0 Å². The fourth-order valence-electron chi connectivity index (χ4n) is 1.32. The van der Waals surface area contributed by atoms with Crippen LogP contribution < -0.4 is 5.32 Å². The van der Waals surface area contributed by atoms with E-state index in [1.807, 2.05) is 0 Å². The van der Waals surface area contributed by atoms with Crippen molar-refractivity contribution in [1.29, 1.82) is 0 Å². The van der Waals surface area contributed by atoms with Gasteiger partial charge < -0.3 is 10.2 Å². The van der Waals surface area contributed by atoms with Crippen LogP contribution in [0.1, 0.15) is 34.1 Å². The Morgan fingerprint density at radius 1 is 1.29 bits per heavy atom. The maximum atomic E-state index is 11.4. The second-order valence-corrected chi connectivity index (χ2v) is 4.38. The number of nitrogens with one attached hydrogen (secondary N) is 1. The first-order valence-electron chi connectivity index (χ1n) is 5.37. The Labute approximate surface area is 87.9 Å². The second kappa shape index (κ2) is 5.89. The molecule has 3 unspecified atom stereocenters. The Bertz CT molecular complexity index is 180. The van der Waals surface area contributed by atoms with E-state index in [2.05, 4.69) is 33.0 Å². The van der Waals surface area contributed by atoms with Gasteiger partial charge in [0.25, 0.3) is 0 Å². The summed E-state index contributed by atoms with van der Waals surface area (Å²) in [4.78, 5) is 13.0. The number of carbonyl (C=O) groups is 1. The van der Waals surface area contributed by atoms with Crippen molar-refractivity contribution in [2.75, 3.05) is 14.1 Å². The first-order chi connectivity index (χ1) is 6.40. The molecule has 0 radical (unpaired) electrons. The van der Waals surface area contributed by atoms with E-state index in [1.165, 1.54) is 0 Å². The van der Waals surface area contributed by atoms with Crippen molar-refractivity contribution in [2.24, 2.45) is 11.8 Å². The Morgan fingerprint density at radius 3 is 2.14 bits per heavy atom. The van der Waals surface area contributed by atoms with Crippen molar-refractivity contribution in [2.45, 2.75) is 40.2 Å². The van der Waals surface area contributed by atoms with Gasteiger partial charge in [-0.3, -0.25) is 0 Å². The number of urea groups is 1. The van der Waals surface area contributed by atoms with Crippen molar-refractivity contribution in [3.8, 4) is 0 Å². The zero-order chi connectivity index (χ0) is 11.3. The average molecular weight is 200 g/mol. The third-order valence-corrected chi connectivity index (χ3v) is 3.09. The van der Waals surface area contributed by atoms with Gasteiger partial charge in [-0.2, -0.15) is 0 Å². The van der Waals surface area contributed by atoms with E-state index < -0.39 is 0 Å².